The highest BCUT2D eigenvalue weighted by Gasteiger charge is 2.16. The lowest BCUT2D eigenvalue weighted by Crippen LogP contribution is -2.06. The normalized spacial score (nSPS) is 12.1. The average molecular weight is 594 g/mol. The molecule has 4 heteroatoms. The summed E-state index contributed by atoms with van der Waals surface area (Å²) in [7, 11) is 0. The van der Waals surface area contributed by atoms with Crippen molar-refractivity contribution in [3.8, 4) is 11.1 Å². The molecule has 0 aliphatic carbocycles. The van der Waals surface area contributed by atoms with Gasteiger partial charge in [0.25, 0.3) is 0 Å². The molecule has 45 heavy (non-hydrogen) atoms. The quantitative estimate of drug-likeness (QED) is 0.156. The Balaban J connectivity index is 1.33. The van der Waals surface area contributed by atoms with E-state index in [9.17, 15) is 5.41 Å². The largest absolute Gasteiger partial charge is 0.282 e. The maximum atomic E-state index is 9.37. The van der Waals surface area contributed by atoms with Crippen LogP contribution in [0.2, 0.25) is 0 Å². The van der Waals surface area contributed by atoms with Crippen LogP contribution in [0, 0.1) is 5.41 Å². The Kier molecular flexibility index (Phi) is 6.82. The molecule has 1 aromatic heterocycles. The van der Waals surface area contributed by atoms with Crippen molar-refractivity contribution in [1.29, 1.82) is 5.41 Å². The lowest BCUT2D eigenvalue weighted by atomic mass is 9.96. The van der Waals surface area contributed by atoms with Crippen molar-refractivity contribution in [3.05, 3.63) is 168 Å². The van der Waals surface area contributed by atoms with Gasteiger partial charge in [0.1, 0.15) is 0 Å². The van der Waals surface area contributed by atoms with Crippen molar-refractivity contribution in [2.45, 2.75) is 0 Å². The van der Waals surface area contributed by atoms with E-state index in [4.69, 9.17) is 9.98 Å². The van der Waals surface area contributed by atoms with Gasteiger partial charge in [-0.05, 0) is 68.6 Å². The van der Waals surface area contributed by atoms with E-state index in [2.05, 4.69) is 121 Å². The Morgan fingerprint density at radius 3 is 2.11 bits per heavy atom. The molecule has 8 aromatic rings. The molecule has 0 atom stereocenters. The molecule has 0 unspecified atom stereocenters. The number of fused-ring (bicyclic) bond motifs is 5. The van der Waals surface area contributed by atoms with E-state index in [0.29, 0.717) is 5.84 Å². The molecule has 1 heterocycles. The third-order valence-corrected chi connectivity index (χ3v) is 9.33. The van der Waals surface area contributed by atoms with Gasteiger partial charge in [-0.15, -0.1) is 11.3 Å². The first-order valence-corrected chi connectivity index (χ1v) is 15.7. The molecule has 0 spiro atoms. The van der Waals surface area contributed by atoms with Crippen LogP contribution < -0.4 is 0 Å². The number of hydrogen-bond donors (Lipinski definition) is 1. The number of rotatable bonds is 4. The summed E-state index contributed by atoms with van der Waals surface area (Å²) < 4.78 is 2.35. The zero-order valence-corrected chi connectivity index (χ0v) is 25.1. The Bertz CT molecular complexity index is 2450. The molecular formula is C41H27N3S. The summed E-state index contributed by atoms with van der Waals surface area (Å²) in [6, 6.07) is 52.2. The number of amidine groups is 2. The van der Waals surface area contributed by atoms with Gasteiger partial charge in [0.2, 0.25) is 0 Å². The van der Waals surface area contributed by atoms with Gasteiger partial charge in [0, 0.05) is 37.5 Å². The lowest BCUT2D eigenvalue weighted by molar-refractivity contribution is 1.41. The second-order valence-corrected chi connectivity index (χ2v) is 12.1. The van der Waals surface area contributed by atoms with Crippen molar-refractivity contribution >= 4 is 70.9 Å². The maximum absolute atomic E-state index is 9.37. The Hall–Kier alpha value is -5.71. The number of benzene rings is 7. The highest BCUT2D eigenvalue weighted by atomic mass is 32.1. The monoisotopic (exact) mass is 593 g/mol. The Morgan fingerprint density at radius 2 is 1.24 bits per heavy atom. The van der Waals surface area contributed by atoms with Gasteiger partial charge in [-0.1, -0.05) is 121 Å². The molecule has 0 amide bonds. The second-order valence-electron chi connectivity index (χ2n) is 11.0. The zero-order chi connectivity index (χ0) is 30.2. The predicted octanol–water partition coefficient (Wildman–Crippen LogP) is 10.9. The number of nitrogens with one attached hydrogen (secondary N) is 1. The second kappa shape index (κ2) is 11.4. The number of thiophene rings is 1. The molecule has 212 valence electrons. The standard InChI is InChI=1S/C41H27N3S/c42-40(35-18-10-20-38-39(35)34-17-8-9-19-37(34)45-38)44-41(43-26-27-21-22-29-13-4-5-14-30(29)23-27)36-25-32(28-11-2-1-3-12-28)24-31-15-6-7-16-33(31)36/h1-26,42H. The summed E-state index contributed by atoms with van der Waals surface area (Å²) in [5.41, 5.74) is 4.85. The summed E-state index contributed by atoms with van der Waals surface area (Å²) in [6.07, 6.45) is 1.86. The van der Waals surface area contributed by atoms with E-state index in [1.54, 1.807) is 11.3 Å². The fourth-order valence-corrected chi connectivity index (χ4v) is 7.15. The van der Waals surface area contributed by atoms with E-state index >= 15 is 0 Å². The van der Waals surface area contributed by atoms with Crippen LogP contribution in [0.15, 0.2) is 162 Å². The third-order valence-electron chi connectivity index (χ3n) is 8.19. The minimum absolute atomic E-state index is 0.184. The highest BCUT2D eigenvalue weighted by Crippen LogP contribution is 2.36. The fraction of sp³-hybridized carbons (Fsp3) is 0. The Morgan fingerprint density at radius 1 is 0.533 bits per heavy atom. The van der Waals surface area contributed by atoms with Crippen LogP contribution >= 0.6 is 11.3 Å². The van der Waals surface area contributed by atoms with Gasteiger partial charge in [-0.2, -0.15) is 0 Å². The van der Waals surface area contributed by atoms with Crippen molar-refractivity contribution in [2.24, 2.45) is 9.98 Å². The van der Waals surface area contributed by atoms with Crippen LogP contribution in [0.5, 0.6) is 0 Å². The number of aliphatic imine (C=N–C) groups is 2. The van der Waals surface area contributed by atoms with Gasteiger partial charge < -0.3 is 0 Å². The molecule has 8 rings (SSSR count). The van der Waals surface area contributed by atoms with Crippen LogP contribution in [0.4, 0.5) is 0 Å². The number of nitrogens with zero attached hydrogens (tertiary/aromatic N) is 2. The minimum atomic E-state index is 0.184. The smallest absolute Gasteiger partial charge is 0.162 e. The zero-order valence-electron chi connectivity index (χ0n) is 24.3. The fourth-order valence-electron chi connectivity index (χ4n) is 6.01. The summed E-state index contributed by atoms with van der Waals surface area (Å²) in [5.74, 6) is 0.683. The van der Waals surface area contributed by atoms with Gasteiger partial charge >= 0.3 is 0 Å². The molecule has 0 fully saturated rings. The lowest BCUT2D eigenvalue weighted by Gasteiger charge is -2.12. The first kappa shape index (κ1) is 26.9. The Labute approximate surface area is 265 Å². The van der Waals surface area contributed by atoms with Gasteiger partial charge in [0.05, 0.1) is 0 Å². The van der Waals surface area contributed by atoms with E-state index in [1.807, 2.05) is 36.5 Å². The molecule has 0 radical (unpaired) electrons. The summed E-state index contributed by atoms with van der Waals surface area (Å²) in [4.78, 5) is 10.1. The average Bonchev–Trinajstić information content (AvgIpc) is 3.49. The molecule has 1 N–H and O–H groups in total. The summed E-state index contributed by atoms with van der Waals surface area (Å²) in [6.45, 7) is 0. The van der Waals surface area contributed by atoms with Crippen molar-refractivity contribution in [2.75, 3.05) is 0 Å². The summed E-state index contributed by atoms with van der Waals surface area (Å²) in [5, 5.41) is 16.0. The number of hydrogen-bond acceptors (Lipinski definition) is 2. The highest BCUT2D eigenvalue weighted by molar-refractivity contribution is 7.25. The van der Waals surface area contributed by atoms with Crippen molar-refractivity contribution < 1.29 is 0 Å². The maximum Gasteiger partial charge on any atom is 0.162 e. The molecule has 3 nitrogen and oxygen atoms in total. The molecule has 0 saturated carbocycles. The minimum Gasteiger partial charge on any atom is -0.282 e. The molecule has 7 aromatic carbocycles. The van der Waals surface area contributed by atoms with E-state index < -0.39 is 0 Å². The molecular weight excluding hydrogens is 567 g/mol. The van der Waals surface area contributed by atoms with Crippen LogP contribution in [0.3, 0.4) is 0 Å². The molecule has 0 aliphatic heterocycles. The van der Waals surface area contributed by atoms with Gasteiger partial charge in [-0.3, -0.25) is 5.41 Å². The van der Waals surface area contributed by atoms with Gasteiger partial charge in [0.15, 0.2) is 11.7 Å². The van der Waals surface area contributed by atoms with E-state index in [1.165, 1.54) is 10.1 Å². The topological polar surface area (TPSA) is 48.6 Å². The van der Waals surface area contributed by atoms with Crippen LogP contribution in [0.25, 0.3) is 52.8 Å². The van der Waals surface area contributed by atoms with Crippen LogP contribution in [-0.4, -0.2) is 17.9 Å². The summed E-state index contributed by atoms with van der Waals surface area (Å²) >= 11 is 1.74. The van der Waals surface area contributed by atoms with Crippen molar-refractivity contribution in [1.82, 2.24) is 0 Å². The SMILES string of the molecule is N=C(N=C(N=Cc1ccc2ccccc2c1)c1cc(-c2ccccc2)cc2ccccc12)c1cccc2sc3ccccc3c12. The predicted molar refractivity (Wildman–Crippen MR) is 194 cm³/mol. The van der Waals surface area contributed by atoms with Crippen LogP contribution in [-0.2, 0) is 0 Å². The van der Waals surface area contributed by atoms with Crippen molar-refractivity contribution in [3.63, 3.8) is 0 Å². The first-order valence-electron chi connectivity index (χ1n) is 14.9. The third kappa shape index (κ3) is 5.12. The molecule has 0 aliphatic rings. The van der Waals surface area contributed by atoms with E-state index in [-0.39, 0.29) is 5.84 Å². The molecule has 0 saturated heterocycles. The van der Waals surface area contributed by atoms with Crippen LogP contribution in [0.1, 0.15) is 16.7 Å². The molecule has 0 bridgehead atoms. The van der Waals surface area contributed by atoms with E-state index in [0.717, 1.165) is 59.4 Å². The van der Waals surface area contributed by atoms with Gasteiger partial charge in [-0.25, -0.2) is 9.98 Å². The first-order chi connectivity index (χ1) is 22.2.